The number of piperazine rings is 1. The lowest BCUT2D eigenvalue weighted by atomic mass is 9.92. The Hall–Kier alpha value is -2.97. The summed E-state index contributed by atoms with van der Waals surface area (Å²) in [5, 5.41) is 10.6. The Kier molecular flexibility index (Phi) is 13.7. The van der Waals surface area contributed by atoms with Gasteiger partial charge in [0, 0.05) is 55.9 Å². The summed E-state index contributed by atoms with van der Waals surface area (Å²) in [5.41, 5.74) is 1.88. The monoisotopic (exact) mass is 621 g/mol. The number of rotatable bonds is 6. The van der Waals surface area contributed by atoms with Crippen molar-refractivity contribution in [2.24, 2.45) is 11.8 Å². The third kappa shape index (κ3) is 10.8. The molecule has 2 aliphatic heterocycles. The minimum Gasteiger partial charge on any atom is -0.457 e. The Labute approximate surface area is 270 Å². The average molecular weight is 622 g/mol. The lowest BCUT2D eigenvalue weighted by Gasteiger charge is -2.39. The largest absolute Gasteiger partial charge is 0.457 e. The number of allylic oxidation sites excluding steroid dienone is 3. The molecule has 0 unspecified atom stereocenters. The third-order valence-corrected chi connectivity index (χ3v) is 9.77. The molecule has 1 amide bonds. The van der Waals surface area contributed by atoms with Crippen molar-refractivity contribution in [2.45, 2.75) is 116 Å². The number of carbonyl (C=O) groups excluding carboxylic acids is 2. The Balaban J connectivity index is 1.42. The molecule has 0 radical (unpaired) electrons. The number of esters is 1. The van der Waals surface area contributed by atoms with Crippen LogP contribution in [0.5, 0.6) is 0 Å². The van der Waals surface area contributed by atoms with Crippen molar-refractivity contribution in [1.82, 2.24) is 14.8 Å². The van der Waals surface area contributed by atoms with Gasteiger partial charge < -0.3 is 19.5 Å². The zero-order chi connectivity index (χ0) is 32.2. The molecule has 8 nitrogen and oxygen atoms in total. The van der Waals surface area contributed by atoms with Gasteiger partial charge in [0.1, 0.15) is 12.2 Å². The van der Waals surface area contributed by atoms with Gasteiger partial charge in [0.25, 0.3) is 0 Å². The third-order valence-electron chi connectivity index (χ3n) is 9.77. The molecule has 0 spiro atoms. The number of aliphatic hydroxyl groups is 1. The van der Waals surface area contributed by atoms with Crippen LogP contribution in [0, 0.1) is 11.8 Å². The molecule has 1 saturated carbocycles. The molecule has 0 aromatic carbocycles. The highest BCUT2D eigenvalue weighted by Crippen LogP contribution is 2.26. The van der Waals surface area contributed by atoms with E-state index in [-0.39, 0.29) is 30.3 Å². The highest BCUT2D eigenvalue weighted by Gasteiger charge is 2.31. The van der Waals surface area contributed by atoms with Crippen LogP contribution < -0.4 is 0 Å². The number of amides is 1. The van der Waals surface area contributed by atoms with E-state index in [4.69, 9.17) is 9.47 Å². The molecule has 3 heterocycles. The van der Waals surface area contributed by atoms with Gasteiger partial charge in [0.15, 0.2) is 0 Å². The first kappa shape index (κ1) is 34.9. The average Bonchev–Trinajstić information content (AvgIpc) is 3.34. The Morgan fingerprint density at radius 3 is 2.47 bits per heavy atom. The van der Waals surface area contributed by atoms with Crippen LogP contribution >= 0.6 is 0 Å². The lowest BCUT2D eigenvalue weighted by molar-refractivity contribution is -0.151. The smallest absolute Gasteiger partial charge is 0.410 e. The van der Waals surface area contributed by atoms with Crippen LogP contribution in [-0.2, 0) is 14.3 Å². The molecule has 6 atom stereocenters. The van der Waals surface area contributed by atoms with Crippen molar-refractivity contribution in [3.8, 4) is 0 Å². The van der Waals surface area contributed by atoms with Crippen molar-refractivity contribution in [3.05, 3.63) is 66.0 Å². The van der Waals surface area contributed by atoms with Crippen LogP contribution in [0.2, 0.25) is 0 Å². The van der Waals surface area contributed by atoms with E-state index in [2.05, 4.69) is 22.9 Å². The van der Waals surface area contributed by atoms with Crippen LogP contribution in [-0.4, -0.2) is 82.5 Å². The highest BCUT2D eigenvalue weighted by atomic mass is 16.6. The van der Waals surface area contributed by atoms with Gasteiger partial charge in [-0.05, 0) is 62.3 Å². The van der Waals surface area contributed by atoms with Gasteiger partial charge in [0.05, 0.1) is 12.5 Å². The minimum absolute atomic E-state index is 0.0131. The number of hydrogen-bond donors (Lipinski definition) is 1. The molecule has 0 bridgehead atoms. The number of nitrogens with zero attached hydrogens (tertiary/aromatic N) is 3. The normalized spacial score (nSPS) is 30.1. The van der Waals surface area contributed by atoms with Gasteiger partial charge in [-0.2, -0.15) is 0 Å². The maximum absolute atomic E-state index is 13.4. The molecular weight excluding hydrogens is 566 g/mol. The number of carbonyl (C=O) groups is 2. The maximum atomic E-state index is 13.4. The van der Waals surface area contributed by atoms with E-state index < -0.39 is 24.3 Å². The van der Waals surface area contributed by atoms with Crippen LogP contribution in [0.1, 0.15) is 97.1 Å². The van der Waals surface area contributed by atoms with Crippen molar-refractivity contribution in [3.63, 3.8) is 0 Å². The molecule has 3 aliphatic rings. The molecule has 1 aromatic heterocycles. The Bertz CT molecular complexity index is 1150. The lowest BCUT2D eigenvalue weighted by Crippen LogP contribution is -2.52. The van der Waals surface area contributed by atoms with E-state index in [0.717, 1.165) is 24.4 Å². The molecule has 1 saturated heterocycles. The molecule has 1 aromatic rings. The molecule has 1 N–H and O–H groups in total. The molecule has 1 aliphatic carbocycles. The number of cyclic esters (lactones) is 1. The van der Waals surface area contributed by atoms with Gasteiger partial charge in [-0.3, -0.25) is 14.7 Å². The second-order valence-corrected chi connectivity index (χ2v) is 13.4. The molecule has 2 fully saturated rings. The van der Waals surface area contributed by atoms with Gasteiger partial charge in [-0.15, -0.1) is 0 Å². The summed E-state index contributed by atoms with van der Waals surface area (Å²) in [7, 11) is 0. The summed E-state index contributed by atoms with van der Waals surface area (Å²) < 4.78 is 12.1. The van der Waals surface area contributed by atoms with E-state index >= 15 is 0 Å². The number of pyridine rings is 1. The fourth-order valence-electron chi connectivity index (χ4n) is 6.75. The molecule has 45 heavy (non-hydrogen) atoms. The summed E-state index contributed by atoms with van der Waals surface area (Å²) >= 11 is 0. The summed E-state index contributed by atoms with van der Waals surface area (Å²) in [6, 6.07) is 6.53. The van der Waals surface area contributed by atoms with Gasteiger partial charge in [-0.25, -0.2) is 4.79 Å². The van der Waals surface area contributed by atoms with E-state index in [0.29, 0.717) is 32.0 Å². The second kappa shape index (κ2) is 17.7. The molecular formula is C37H55N3O5. The quantitative estimate of drug-likeness (QED) is 0.161. The summed E-state index contributed by atoms with van der Waals surface area (Å²) in [4.78, 5) is 35.0. The maximum Gasteiger partial charge on any atom is 0.410 e. The van der Waals surface area contributed by atoms with E-state index in [1.807, 2.05) is 68.2 Å². The van der Waals surface area contributed by atoms with E-state index in [9.17, 15) is 14.7 Å². The minimum atomic E-state index is -0.809. The van der Waals surface area contributed by atoms with Crippen LogP contribution in [0.3, 0.4) is 0 Å². The fourth-order valence-corrected chi connectivity index (χ4v) is 6.75. The van der Waals surface area contributed by atoms with Crippen LogP contribution in [0.15, 0.2) is 60.3 Å². The van der Waals surface area contributed by atoms with Crippen LogP contribution in [0.4, 0.5) is 4.79 Å². The number of ether oxygens (including phenoxy) is 2. The predicted molar refractivity (Wildman–Crippen MR) is 178 cm³/mol. The zero-order valence-electron chi connectivity index (χ0n) is 27.9. The first-order valence-corrected chi connectivity index (χ1v) is 17.2. The van der Waals surface area contributed by atoms with Gasteiger partial charge >= 0.3 is 12.1 Å². The molecule has 8 heteroatoms. The summed E-state index contributed by atoms with van der Waals surface area (Å²) in [5.74, 6) is -0.454. The van der Waals surface area contributed by atoms with Crippen LogP contribution in [0.25, 0.3) is 0 Å². The Morgan fingerprint density at radius 2 is 1.78 bits per heavy atom. The van der Waals surface area contributed by atoms with Crippen molar-refractivity contribution in [2.75, 3.05) is 26.2 Å². The van der Waals surface area contributed by atoms with Gasteiger partial charge in [-0.1, -0.05) is 76.8 Å². The first-order valence-electron chi connectivity index (χ1n) is 17.2. The number of aromatic nitrogens is 1. The Morgan fingerprint density at radius 1 is 1.04 bits per heavy atom. The van der Waals surface area contributed by atoms with E-state index in [1.165, 1.54) is 38.5 Å². The topological polar surface area (TPSA) is 92.2 Å². The standard InChI is InChI=1S/C37H55N3O5/c1-27(33-16-9-10-21-38-33)12-11-13-29(3)36-30(4)18-20-34(28(2)17-19-32(41)26-35(42)45-36)44-37(43)40-24-22-39(23-25-40)31-14-7-5-6-8-15-31/h9-13,16,18,20-21,27-28,30-32,34,36,41H,5-8,14-15,17,19,22-26H2,1-4H3/b12-11+,20-18+,29-13+/t27-,28+,30+,32-,34+,36-/m1/s1. The van der Waals surface area contributed by atoms with Crippen molar-refractivity contribution in [1.29, 1.82) is 0 Å². The number of aliphatic hydroxyl groups excluding tert-OH is 1. The second-order valence-electron chi connectivity index (χ2n) is 13.4. The van der Waals surface area contributed by atoms with Gasteiger partial charge in [0.2, 0.25) is 0 Å². The zero-order valence-corrected chi connectivity index (χ0v) is 27.9. The van der Waals surface area contributed by atoms with Crippen molar-refractivity contribution >= 4 is 12.1 Å². The summed E-state index contributed by atoms with van der Waals surface area (Å²) in [6.07, 6.45) is 18.6. The summed E-state index contributed by atoms with van der Waals surface area (Å²) in [6.45, 7) is 11.3. The van der Waals surface area contributed by atoms with E-state index in [1.54, 1.807) is 6.20 Å². The number of hydrogen-bond acceptors (Lipinski definition) is 7. The predicted octanol–water partition coefficient (Wildman–Crippen LogP) is 6.82. The molecule has 4 rings (SSSR count). The highest BCUT2D eigenvalue weighted by molar-refractivity contribution is 5.70. The SMILES string of the molecule is C/C(=C\C=C\[C@@H](C)c1ccccn1)[C@H]1OC(=O)C[C@H](O)CC[C@H](C)[C@@H](OC(=O)N2CCN(C3CCCCCC3)CC2)/C=C/[C@@H]1C. The first-order chi connectivity index (χ1) is 21.7. The van der Waals surface area contributed by atoms with Crippen molar-refractivity contribution < 1.29 is 24.2 Å². The fraction of sp³-hybridized carbons (Fsp3) is 0.649. The molecule has 248 valence electrons.